The topological polar surface area (TPSA) is 29.5 Å². The van der Waals surface area contributed by atoms with Gasteiger partial charge in [0.2, 0.25) is 0 Å². The first-order valence-corrected chi connectivity index (χ1v) is 5.04. The van der Waals surface area contributed by atoms with Gasteiger partial charge in [0.25, 0.3) is 0 Å². The molecule has 1 unspecified atom stereocenters. The van der Waals surface area contributed by atoms with Gasteiger partial charge in [0.05, 0.1) is 12.6 Å². The second-order valence-corrected chi connectivity index (χ2v) is 3.72. The highest BCUT2D eigenvalue weighted by molar-refractivity contribution is 5.80. The van der Waals surface area contributed by atoms with Crippen molar-refractivity contribution in [1.29, 1.82) is 0 Å². The van der Waals surface area contributed by atoms with Crippen LogP contribution in [0.2, 0.25) is 0 Å². The van der Waals surface area contributed by atoms with Crippen LogP contribution in [0.1, 0.15) is 26.2 Å². The Balaban J connectivity index is 2.16. The van der Waals surface area contributed by atoms with E-state index in [-0.39, 0.29) is 0 Å². The average molecular weight is 185 g/mol. The first kappa shape index (κ1) is 10.7. The number of ether oxygens (including phenoxy) is 1. The Kier molecular flexibility index (Phi) is 4.39. The fraction of sp³-hybridized carbons (Fsp3) is 0.900. The van der Waals surface area contributed by atoms with E-state index in [0.717, 1.165) is 19.6 Å². The van der Waals surface area contributed by atoms with Gasteiger partial charge in [0.15, 0.2) is 0 Å². The van der Waals surface area contributed by atoms with Crippen LogP contribution in [0, 0.1) is 0 Å². The minimum absolute atomic E-state index is 0.306. The molecule has 0 bridgehead atoms. The first-order chi connectivity index (χ1) is 6.22. The molecule has 0 amide bonds. The highest BCUT2D eigenvalue weighted by Gasteiger charge is 2.17. The highest BCUT2D eigenvalue weighted by Crippen LogP contribution is 2.12. The quantitative estimate of drug-likeness (QED) is 0.642. The molecular formula is C10H19NO2. The second-order valence-electron chi connectivity index (χ2n) is 3.72. The summed E-state index contributed by atoms with van der Waals surface area (Å²) in [6.45, 7) is 4.25. The molecule has 0 N–H and O–H groups in total. The van der Waals surface area contributed by atoms with Crippen molar-refractivity contribution >= 4 is 5.78 Å². The van der Waals surface area contributed by atoms with Gasteiger partial charge in [-0.25, -0.2) is 0 Å². The summed E-state index contributed by atoms with van der Waals surface area (Å²) in [5, 5.41) is 0. The van der Waals surface area contributed by atoms with Crippen molar-refractivity contribution in [2.24, 2.45) is 0 Å². The van der Waals surface area contributed by atoms with E-state index in [4.69, 9.17) is 4.74 Å². The van der Waals surface area contributed by atoms with E-state index in [0.29, 0.717) is 24.9 Å². The minimum atomic E-state index is 0.306. The van der Waals surface area contributed by atoms with Crippen LogP contribution in [-0.2, 0) is 9.53 Å². The van der Waals surface area contributed by atoms with Gasteiger partial charge < -0.3 is 4.74 Å². The Hall–Kier alpha value is -0.410. The maximum atomic E-state index is 11.1. The lowest BCUT2D eigenvalue weighted by Crippen LogP contribution is -2.32. The lowest BCUT2D eigenvalue weighted by Gasteiger charge is -2.19. The summed E-state index contributed by atoms with van der Waals surface area (Å²) in [7, 11) is 1.98. The zero-order valence-electron chi connectivity index (χ0n) is 8.58. The summed E-state index contributed by atoms with van der Waals surface area (Å²) >= 11 is 0. The summed E-state index contributed by atoms with van der Waals surface area (Å²) in [5.74, 6) is 0.306. The lowest BCUT2D eigenvalue weighted by atomic mass is 10.2. The van der Waals surface area contributed by atoms with Crippen LogP contribution >= 0.6 is 0 Å². The molecule has 76 valence electrons. The summed E-state index contributed by atoms with van der Waals surface area (Å²) < 4.78 is 5.49. The van der Waals surface area contributed by atoms with E-state index in [1.165, 1.54) is 6.42 Å². The number of ketones is 1. The number of carbonyl (C=O) groups is 1. The number of nitrogens with zero attached hydrogens (tertiary/aromatic N) is 1. The van der Waals surface area contributed by atoms with Crippen LogP contribution in [-0.4, -0.2) is 43.5 Å². The van der Waals surface area contributed by atoms with Crippen molar-refractivity contribution in [1.82, 2.24) is 4.90 Å². The SMILES string of the molecule is CCC(=O)CN(C)CC1CCCO1. The number of Topliss-reactive ketones (excluding diaryl/α,β-unsaturated/α-hetero) is 1. The maximum absolute atomic E-state index is 11.1. The van der Waals surface area contributed by atoms with Gasteiger partial charge in [-0.15, -0.1) is 0 Å². The maximum Gasteiger partial charge on any atom is 0.146 e. The number of hydrogen-bond donors (Lipinski definition) is 0. The normalized spacial score (nSPS) is 22.5. The molecule has 0 spiro atoms. The predicted molar refractivity (Wildman–Crippen MR) is 51.8 cm³/mol. The molecule has 1 aliphatic heterocycles. The van der Waals surface area contributed by atoms with Crippen molar-refractivity contribution < 1.29 is 9.53 Å². The Morgan fingerprint density at radius 2 is 2.38 bits per heavy atom. The van der Waals surface area contributed by atoms with E-state index in [2.05, 4.69) is 4.90 Å². The molecule has 0 saturated carbocycles. The van der Waals surface area contributed by atoms with Crippen molar-refractivity contribution in [2.45, 2.75) is 32.3 Å². The fourth-order valence-electron chi connectivity index (χ4n) is 1.61. The molecule has 3 nitrogen and oxygen atoms in total. The third-order valence-electron chi connectivity index (χ3n) is 2.38. The molecule has 0 aromatic heterocycles. The van der Waals surface area contributed by atoms with Crippen molar-refractivity contribution in [2.75, 3.05) is 26.7 Å². The first-order valence-electron chi connectivity index (χ1n) is 5.04. The van der Waals surface area contributed by atoms with Gasteiger partial charge in [0.1, 0.15) is 5.78 Å². The van der Waals surface area contributed by atoms with Crippen LogP contribution in [0.3, 0.4) is 0 Å². The van der Waals surface area contributed by atoms with Crippen LogP contribution in [0.5, 0.6) is 0 Å². The van der Waals surface area contributed by atoms with E-state index < -0.39 is 0 Å². The molecule has 1 saturated heterocycles. The molecule has 0 aromatic carbocycles. The van der Waals surface area contributed by atoms with Crippen molar-refractivity contribution in [3.63, 3.8) is 0 Å². The van der Waals surface area contributed by atoms with E-state index in [1.54, 1.807) is 0 Å². The molecule has 3 heteroatoms. The van der Waals surface area contributed by atoms with Gasteiger partial charge in [0, 0.05) is 19.6 Å². The Morgan fingerprint density at radius 3 is 2.92 bits per heavy atom. The van der Waals surface area contributed by atoms with Crippen LogP contribution in [0.4, 0.5) is 0 Å². The summed E-state index contributed by atoms with van der Waals surface area (Å²) in [5.41, 5.74) is 0. The standard InChI is InChI=1S/C10H19NO2/c1-3-9(12)7-11(2)8-10-5-4-6-13-10/h10H,3-8H2,1-2H3. The Bertz CT molecular complexity index is 164. The van der Waals surface area contributed by atoms with E-state index in [9.17, 15) is 4.79 Å². The Morgan fingerprint density at radius 1 is 1.62 bits per heavy atom. The second kappa shape index (κ2) is 5.35. The summed E-state index contributed by atoms with van der Waals surface area (Å²) in [6, 6.07) is 0. The zero-order chi connectivity index (χ0) is 9.68. The third kappa shape index (κ3) is 3.87. The highest BCUT2D eigenvalue weighted by atomic mass is 16.5. The monoisotopic (exact) mass is 185 g/mol. The lowest BCUT2D eigenvalue weighted by molar-refractivity contribution is -0.119. The van der Waals surface area contributed by atoms with Gasteiger partial charge >= 0.3 is 0 Å². The number of rotatable bonds is 5. The van der Waals surface area contributed by atoms with E-state index in [1.807, 2.05) is 14.0 Å². The molecular weight excluding hydrogens is 166 g/mol. The van der Waals surface area contributed by atoms with Crippen molar-refractivity contribution in [3.8, 4) is 0 Å². The van der Waals surface area contributed by atoms with Gasteiger partial charge in [-0.3, -0.25) is 9.69 Å². The Labute approximate surface area is 80.1 Å². The van der Waals surface area contributed by atoms with Gasteiger partial charge in [-0.2, -0.15) is 0 Å². The zero-order valence-corrected chi connectivity index (χ0v) is 8.58. The minimum Gasteiger partial charge on any atom is -0.377 e. The molecule has 1 aliphatic rings. The van der Waals surface area contributed by atoms with Crippen LogP contribution in [0.25, 0.3) is 0 Å². The molecule has 1 atom stereocenters. The largest absolute Gasteiger partial charge is 0.377 e. The van der Waals surface area contributed by atoms with Crippen molar-refractivity contribution in [3.05, 3.63) is 0 Å². The third-order valence-corrected chi connectivity index (χ3v) is 2.38. The molecule has 13 heavy (non-hydrogen) atoms. The number of carbonyl (C=O) groups excluding carboxylic acids is 1. The predicted octanol–water partition coefficient (Wildman–Crippen LogP) is 1.08. The molecule has 0 aromatic rings. The fourth-order valence-corrected chi connectivity index (χ4v) is 1.61. The van der Waals surface area contributed by atoms with Crippen LogP contribution in [0.15, 0.2) is 0 Å². The van der Waals surface area contributed by atoms with Gasteiger partial charge in [-0.1, -0.05) is 6.92 Å². The molecule has 0 radical (unpaired) electrons. The number of likely N-dealkylation sites (N-methyl/N-ethyl adjacent to an activating group) is 1. The number of hydrogen-bond acceptors (Lipinski definition) is 3. The van der Waals surface area contributed by atoms with Gasteiger partial charge in [-0.05, 0) is 19.9 Å². The summed E-state index contributed by atoms with van der Waals surface area (Å²) in [4.78, 5) is 13.2. The molecule has 1 heterocycles. The molecule has 0 aliphatic carbocycles. The van der Waals surface area contributed by atoms with E-state index >= 15 is 0 Å². The van der Waals surface area contributed by atoms with Crippen LogP contribution < -0.4 is 0 Å². The summed E-state index contributed by atoms with van der Waals surface area (Å²) in [6.07, 6.45) is 3.30. The smallest absolute Gasteiger partial charge is 0.146 e. The average Bonchev–Trinajstić information content (AvgIpc) is 2.56. The molecule has 1 rings (SSSR count). The molecule has 1 fully saturated rings.